The second-order valence-electron chi connectivity index (χ2n) is 8.33. The highest BCUT2D eigenvalue weighted by molar-refractivity contribution is 6.05. The summed E-state index contributed by atoms with van der Waals surface area (Å²) >= 11 is 0. The normalized spacial score (nSPS) is 17.5. The Morgan fingerprint density at radius 3 is 2.74 bits per heavy atom. The van der Waals surface area contributed by atoms with Gasteiger partial charge >= 0.3 is 0 Å². The van der Waals surface area contributed by atoms with Gasteiger partial charge in [-0.3, -0.25) is 29.5 Å². The van der Waals surface area contributed by atoms with E-state index in [1.165, 1.54) is 15.8 Å². The number of piperidine rings is 1. The summed E-state index contributed by atoms with van der Waals surface area (Å²) in [7, 11) is 0. The topological polar surface area (TPSA) is 139 Å². The molecule has 4 amide bonds. The molecule has 0 bridgehead atoms. The number of hydrogen-bond donors (Lipinski definition) is 2. The van der Waals surface area contributed by atoms with Crippen molar-refractivity contribution in [2.75, 3.05) is 5.32 Å². The van der Waals surface area contributed by atoms with Gasteiger partial charge in [0.1, 0.15) is 6.04 Å². The molecule has 2 N–H and O–H groups in total. The molecule has 0 radical (unpaired) electrons. The highest BCUT2D eigenvalue weighted by atomic mass is 16.2. The van der Waals surface area contributed by atoms with E-state index in [9.17, 15) is 19.2 Å². The number of rotatable bonds is 4. The van der Waals surface area contributed by atoms with Gasteiger partial charge in [0.15, 0.2) is 5.69 Å². The molecule has 0 aliphatic carbocycles. The smallest absolute Gasteiger partial charge is 0.277 e. The van der Waals surface area contributed by atoms with E-state index in [2.05, 4.69) is 25.9 Å². The van der Waals surface area contributed by atoms with Gasteiger partial charge in [0.2, 0.25) is 11.8 Å². The monoisotopic (exact) mass is 459 g/mol. The molecule has 11 nitrogen and oxygen atoms in total. The molecular formula is C23H21N7O4. The molecule has 3 aromatic rings. The van der Waals surface area contributed by atoms with Crippen molar-refractivity contribution in [3.05, 3.63) is 64.7 Å². The molecule has 0 saturated carbocycles. The molecule has 5 rings (SSSR count). The van der Waals surface area contributed by atoms with Gasteiger partial charge in [-0.2, -0.15) is 0 Å². The van der Waals surface area contributed by atoms with Crippen LogP contribution in [0, 0.1) is 13.8 Å². The fraction of sp³-hybridized carbons (Fsp3) is 0.261. The highest BCUT2D eigenvalue weighted by Gasteiger charge is 2.39. The standard InChI is InChI=1S/C23H21N7O4/c1-12-3-6-17(13(2)24-12)25-21(32)18-11-30(28-27-18)15-4-5-16-14(9-15)10-29(23(16)34)19-7-8-20(31)26-22(19)33/h3-6,9,11,19H,7-8,10H2,1-2H3,(H,25,32)(H,26,31,33). The van der Waals surface area contributed by atoms with E-state index in [4.69, 9.17) is 0 Å². The fourth-order valence-corrected chi connectivity index (χ4v) is 4.20. The van der Waals surface area contributed by atoms with Crippen molar-refractivity contribution in [1.82, 2.24) is 30.2 Å². The van der Waals surface area contributed by atoms with E-state index in [-0.39, 0.29) is 30.5 Å². The summed E-state index contributed by atoms with van der Waals surface area (Å²) in [4.78, 5) is 55.0. The molecule has 172 valence electrons. The van der Waals surface area contributed by atoms with E-state index in [0.717, 1.165) is 11.3 Å². The second-order valence-corrected chi connectivity index (χ2v) is 8.33. The van der Waals surface area contributed by atoms with Crippen molar-refractivity contribution in [1.29, 1.82) is 0 Å². The number of hydrogen-bond acceptors (Lipinski definition) is 7. The first-order chi connectivity index (χ1) is 16.3. The average Bonchev–Trinajstić information content (AvgIpc) is 3.41. The molecule has 1 aromatic carbocycles. The molecule has 0 spiro atoms. The molecule has 1 fully saturated rings. The highest BCUT2D eigenvalue weighted by Crippen LogP contribution is 2.29. The van der Waals surface area contributed by atoms with Crippen LogP contribution in [0.4, 0.5) is 5.69 Å². The SMILES string of the molecule is Cc1ccc(NC(=O)c2cn(-c3ccc4c(c3)CN(C3CCC(=O)NC3=O)C4=O)nn2)c(C)n1. The van der Waals surface area contributed by atoms with Crippen LogP contribution in [0.25, 0.3) is 5.69 Å². The summed E-state index contributed by atoms with van der Waals surface area (Å²) in [5.74, 6) is -1.45. The Morgan fingerprint density at radius 2 is 1.97 bits per heavy atom. The van der Waals surface area contributed by atoms with E-state index < -0.39 is 17.9 Å². The Hall–Kier alpha value is -4.41. The first-order valence-corrected chi connectivity index (χ1v) is 10.8. The zero-order chi connectivity index (χ0) is 24.0. The van der Waals surface area contributed by atoms with Gasteiger partial charge in [-0.25, -0.2) is 4.68 Å². The lowest BCUT2D eigenvalue weighted by molar-refractivity contribution is -0.136. The van der Waals surface area contributed by atoms with Crippen molar-refractivity contribution >= 4 is 29.3 Å². The minimum Gasteiger partial charge on any atom is -0.322 e. The van der Waals surface area contributed by atoms with Crippen molar-refractivity contribution < 1.29 is 19.2 Å². The van der Waals surface area contributed by atoms with Gasteiger partial charge in [-0.05, 0) is 56.2 Å². The van der Waals surface area contributed by atoms with Crippen LogP contribution in [-0.4, -0.2) is 54.5 Å². The number of imide groups is 1. The van der Waals surface area contributed by atoms with Crippen LogP contribution < -0.4 is 10.6 Å². The van der Waals surface area contributed by atoms with Crippen LogP contribution >= 0.6 is 0 Å². The number of amides is 4. The summed E-state index contributed by atoms with van der Waals surface area (Å²) in [6.45, 7) is 3.93. The fourth-order valence-electron chi connectivity index (χ4n) is 4.20. The van der Waals surface area contributed by atoms with Gasteiger partial charge in [0.05, 0.1) is 23.3 Å². The molecule has 2 aliphatic heterocycles. The van der Waals surface area contributed by atoms with E-state index in [1.807, 2.05) is 19.9 Å². The summed E-state index contributed by atoms with van der Waals surface area (Å²) in [5, 5.41) is 13.1. The number of aryl methyl sites for hydroxylation is 2. The van der Waals surface area contributed by atoms with Crippen LogP contribution in [-0.2, 0) is 16.1 Å². The largest absolute Gasteiger partial charge is 0.322 e. The maximum Gasteiger partial charge on any atom is 0.277 e. The third-order valence-corrected chi connectivity index (χ3v) is 5.97. The van der Waals surface area contributed by atoms with E-state index in [0.29, 0.717) is 29.1 Å². The maximum atomic E-state index is 12.9. The number of pyridine rings is 1. The zero-order valence-electron chi connectivity index (χ0n) is 18.5. The lowest BCUT2D eigenvalue weighted by Gasteiger charge is -2.29. The van der Waals surface area contributed by atoms with Crippen molar-refractivity contribution in [2.45, 2.75) is 39.3 Å². The third-order valence-electron chi connectivity index (χ3n) is 5.97. The Morgan fingerprint density at radius 1 is 1.15 bits per heavy atom. The Kier molecular flexibility index (Phi) is 5.16. The predicted octanol–water partition coefficient (Wildman–Crippen LogP) is 1.29. The number of carbonyl (C=O) groups is 4. The Bertz CT molecular complexity index is 1360. The molecule has 11 heteroatoms. The quantitative estimate of drug-likeness (QED) is 0.561. The maximum absolute atomic E-state index is 12.9. The number of anilines is 1. The van der Waals surface area contributed by atoms with Crippen LogP contribution in [0.15, 0.2) is 36.5 Å². The number of nitrogens with zero attached hydrogens (tertiary/aromatic N) is 5. The first-order valence-electron chi connectivity index (χ1n) is 10.8. The lowest BCUT2D eigenvalue weighted by Crippen LogP contribution is -2.52. The summed E-state index contributed by atoms with van der Waals surface area (Å²) in [6, 6.07) is 8.07. The molecule has 1 atom stereocenters. The lowest BCUT2D eigenvalue weighted by atomic mass is 10.0. The Labute approximate surface area is 194 Å². The summed E-state index contributed by atoms with van der Waals surface area (Å²) in [5.41, 5.74) is 4.12. The minimum atomic E-state index is -0.678. The van der Waals surface area contributed by atoms with E-state index in [1.54, 1.807) is 24.3 Å². The summed E-state index contributed by atoms with van der Waals surface area (Å²) < 4.78 is 1.45. The van der Waals surface area contributed by atoms with Crippen LogP contribution in [0.5, 0.6) is 0 Å². The summed E-state index contributed by atoms with van der Waals surface area (Å²) in [6.07, 6.45) is 2.00. The number of benzene rings is 1. The van der Waals surface area contributed by atoms with Gasteiger partial charge in [0, 0.05) is 24.2 Å². The number of nitrogens with one attached hydrogen (secondary N) is 2. The molecule has 4 heterocycles. The molecule has 2 aromatic heterocycles. The third kappa shape index (κ3) is 3.81. The number of carbonyl (C=O) groups excluding carboxylic acids is 4. The zero-order valence-corrected chi connectivity index (χ0v) is 18.5. The number of aromatic nitrogens is 4. The van der Waals surface area contributed by atoms with E-state index >= 15 is 0 Å². The molecule has 1 saturated heterocycles. The van der Waals surface area contributed by atoms with Gasteiger partial charge in [0.25, 0.3) is 11.8 Å². The average molecular weight is 459 g/mol. The van der Waals surface area contributed by atoms with Gasteiger partial charge in [-0.1, -0.05) is 5.21 Å². The first kappa shape index (κ1) is 21.4. The van der Waals surface area contributed by atoms with Crippen molar-refractivity contribution in [3.63, 3.8) is 0 Å². The van der Waals surface area contributed by atoms with Crippen LogP contribution in [0.1, 0.15) is 50.6 Å². The molecular weight excluding hydrogens is 438 g/mol. The Balaban J connectivity index is 1.33. The van der Waals surface area contributed by atoms with Crippen LogP contribution in [0.3, 0.4) is 0 Å². The molecule has 2 aliphatic rings. The predicted molar refractivity (Wildman–Crippen MR) is 119 cm³/mol. The second kappa shape index (κ2) is 8.18. The molecule has 1 unspecified atom stereocenters. The van der Waals surface area contributed by atoms with Crippen molar-refractivity contribution in [3.8, 4) is 5.69 Å². The van der Waals surface area contributed by atoms with Gasteiger partial charge in [-0.15, -0.1) is 5.10 Å². The minimum absolute atomic E-state index is 0.127. The van der Waals surface area contributed by atoms with Crippen molar-refractivity contribution in [2.24, 2.45) is 0 Å². The molecule has 34 heavy (non-hydrogen) atoms. The number of fused-ring (bicyclic) bond motifs is 1. The van der Waals surface area contributed by atoms with Crippen LogP contribution in [0.2, 0.25) is 0 Å². The van der Waals surface area contributed by atoms with Gasteiger partial charge < -0.3 is 10.2 Å².